The zero-order valence-corrected chi connectivity index (χ0v) is 14.4. The molecular weight excluding hydrogens is 317 g/mol. The number of carbonyl (C=O) groups is 2. The predicted molar refractivity (Wildman–Crippen MR) is 96.4 cm³/mol. The van der Waals surface area contributed by atoms with E-state index in [2.05, 4.69) is 5.32 Å². The Bertz CT molecular complexity index is 814. The largest absolute Gasteiger partial charge is 0.326 e. The van der Waals surface area contributed by atoms with Gasteiger partial charge in [-0.1, -0.05) is 12.1 Å². The van der Waals surface area contributed by atoms with Crippen LogP contribution in [0.25, 0.3) is 0 Å². The van der Waals surface area contributed by atoms with Gasteiger partial charge in [-0.15, -0.1) is 0 Å². The molecule has 0 aliphatic heterocycles. The Morgan fingerprint density at radius 1 is 1.00 bits per heavy atom. The van der Waals surface area contributed by atoms with E-state index in [4.69, 9.17) is 0 Å². The molecule has 1 aliphatic rings. The molecule has 1 N–H and O–H groups in total. The first-order valence-electron chi connectivity index (χ1n) is 8.74. The van der Waals surface area contributed by atoms with Crippen molar-refractivity contribution in [2.24, 2.45) is 0 Å². The topological polar surface area (TPSA) is 46.2 Å². The summed E-state index contributed by atoms with van der Waals surface area (Å²) in [6, 6.07) is 10.1. The van der Waals surface area contributed by atoms with E-state index >= 15 is 0 Å². The second-order valence-corrected chi connectivity index (χ2v) is 6.62. The molecule has 0 spiro atoms. The van der Waals surface area contributed by atoms with Crippen LogP contribution < -0.4 is 5.32 Å². The van der Waals surface area contributed by atoms with Gasteiger partial charge >= 0.3 is 0 Å². The van der Waals surface area contributed by atoms with E-state index in [1.165, 1.54) is 42.2 Å². The van der Waals surface area contributed by atoms with Crippen molar-refractivity contribution in [3.8, 4) is 0 Å². The Morgan fingerprint density at radius 3 is 2.52 bits per heavy atom. The molecule has 1 aliphatic carbocycles. The highest BCUT2D eigenvalue weighted by molar-refractivity contribution is 6.00. The number of amides is 1. The first kappa shape index (κ1) is 17.3. The van der Waals surface area contributed by atoms with E-state index in [1.807, 2.05) is 18.2 Å². The van der Waals surface area contributed by atoms with Crippen molar-refractivity contribution >= 4 is 17.4 Å². The van der Waals surface area contributed by atoms with Gasteiger partial charge < -0.3 is 5.32 Å². The van der Waals surface area contributed by atoms with Gasteiger partial charge in [-0.25, -0.2) is 4.39 Å². The zero-order valence-electron chi connectivity index (χ0n) is 14.4. The molecule has 4 heteroatoms. The lowest BCUT2D eigenvalue weighted by molar-refractivity contribution is -0.116. The third-order valence-electron chi connectivity index (χ3n) is 4.71. The fourth-order valence-corrected chi connectivity index (χ4v) is 3.26. The van der Waals surface area contributed by atoms with Gasteiger partial charge in [0.25, 0.3) is 0 Å². The number of halogens is 1. The van der Waals surface area contributed by atoms with Crippen LogP contribution in [-0.2, 0) is 17.6 Å². The SMILES string of the molecule is Cc1cc(F)ccc1NC(=O)CCC(=O)c1ccc2c(c1)CCCC2. The van der Waals surface area contributed by atoms with Gasteiger partial charge in [0.2, 0.25) is 5.91 Å². The van der Waals surface area contributed by atoms with Gasteiger partial charge in [0.05, 0.1) is 0 Å². The molecule has 2 aromatic rings. The van der Waals surface area contributed by atoms with Crippen LogP contribution in [0.4, 0.5) is 10.1 Å². The van der Waals surface area contributed by atoms with Gasteiger partial charge in [0.15, 0.2) is 5.78 Å². The summed E-state index contributed by atoms with van der Waals surface area (Å²) in [5.74, 6) is -0.585. The highest BCUT2D eigenvalue weighted by Gasteiger charge is 2.14. The van der Waals surface area contributed by atoms with Gasteiger partial charge in [0.1, 0.15) is 5.82 Å². The maximum Gasteiger partial charge on any atom is 0.224 e. The van der Waals surface area contributed by atoms with E-state index in [0.717, 1.165) is 12.8 Å². The van der Waals surface area contributed by atoms with Crippen LogP contribution >= 0.6 is 0 Å². The number of nitrogens with one attached hydrogen (secondary N) is 1. The van der Waals surface area contributed by atoms with Crippen LogP contribution in [0.1, 0.15) is 52.7 Å². The number of aryl methyl sites for hydroxylation is 3. The average molecular weight is 339 g/mol. The summed E-state index contributed by atoms with van der Waals surface area (Å²) in [5.41, 5.74) is 4.53. The smallest absolute Gasteiger partial charge is 0.224 e. The minimum absolute atomic E-state index is 0.0145. The number of Topliss-reactive ketones (excluding diaryl/α,β-unsaturated/α-hetero) is 1. The first-order valence-corrected chi connectivity index (χ1v) is 8.74. The molecule has 0 heterocycles. The van der Waals surface area contributed by atoms with E-state index < -0.39 is 0 Å². The van der Waals surface area contributed by atoms with E-state index in [-0.39, 0.29) is 30.3 Å². The van der Waals surface area contributed by atoms with Crippen LogP contribution in [0.5, 0.6) is 0 Å². The van der Waals surface area contributed by atoms with Gasteiger partial charge in [-0.3, -0.25) is 9.59 Å². The monoisotopic (exact) mass is 339 g/mol. The molecule has 3 rings (SSSR count). The second kappa shape index (κ2) is 7.60. The Morgan fingerprint density at radius 2 is 1.76 bits per heavy atom. The van der Waals surface area contributed by atoms with Gasteiger partial charge in [-0.05, 0) is 73.6 Å². The number of carbonyl (C=O) groups excluding carboxylic acids is 2. The molecule has 2 aromatic carbocycles. The molecule has 3 nitrogen and oxygen atoms in total. The average Bonchev–Trinajstić information content (AvgIpc) is 2.61. The number of anilines is 1. The van der Waals surface area contributed by atoms with Gasteiger partial charge in [-0.2, -0.15) is 0 Å². The lowest BCUT2D eigenvalue weighted by Gasteiger charge is -2.16. The molecule has 0 aromatic heterocycles. The summed E-state index contributed by atoms with van der Waals surface area (Å²) >= 11 is 0. The summed E-state index contributed by atoms with van der Waals surface area (Å²) in [6.45, 7) is 1.73. The lowest BCUT2D eigenvalue weighted by Crippen LogP contribution is -2.14. The first-order chi connectivity index (χ1) is 12.0. The number of hydrogen-bond donors (Lipinski definition) is 1. The third kappa shape index (κ3) is 4.32. The van der Waals surface area contributed by atoms with E-state index in [1.54, 1.807) is 6.92 Å². The predicted octanol–water partition coefficient (Wildman–Crippen LogP) is 4.61. The van der Waals surface area contributed by atoms with Crippen LogP contribution in [0, 0.1) is 12.7 Å². The Hall–Kier alpha value is -2.49. The van der Waals surface area contributed by atoms with E-state index in [9.17, 15) is 14.0 Å². The molecule has 0 bridgehead atoms. The van der Waals surface area contributed by atoms with Crippen molar-refractivity contribution in [3.05, 3.63) is 64.5 Å². The molecule has 0 saturated carbocycles. The Labute approximate surface area is 147 Å². The standard InChI is InChI=1S/C21H22FNO2/c1-14-12-18(22)8-9-19(14)23-21(25)11-10-20(24)17-7-6-15-4-2-3-5-16(15)13-17/h6-9,12-13H,2-5,10-11H2,1H3,(H,23,25). The molecule has 0 unspecified atom stereocenters. The van der Waals surface area contributed by atoms with Crippen LogP contribution in [-0.4, -0.2) is 11.7 Å². The third-order valence-corrected chi connectivity index (χ3v) is 4.71. The fraction of sp³-hybridized carbons (Fsp3) is 0.333. The number of hydrogen-bond acceptors (Lipinski definition) is 2. The molecule has 0 radical (unpaired) electrons. The summed E-state index contributed by atoms with van der Waals surface area (Å²) in [4.78, 5) is 24.4. The van der Waals surface area contributed by atoms with Crippen molar-refractivity contribution in [1.82, 2.24) is 0 Å². The maximum atomic E-state index is 13.1. The molecular formula is C21H22FNO2. The lowest BCUT2D eigenvalue weighted by atomic mass is 9.89. The normalized spacial score (nSPS) is 13.2. The Kier molecular flexibility index (Phi) is 5.27. The van der Waals surface area contributed by atoms with Crippen LogP contribution in [0.15, 0.2) is 36.4 Å². The van der Waals surface area contributed by atoms with Crippen LogP contribution in [0.3, 0.4) is 0 Å². The highest BCUT2D eigenvalue weighted by atomic mass is 19.1. The van der Waals surface area contributed by atoms with Crippen molar-refractivity contribution in [1.29, 1.82) is 0 Å². The molecule has 25 heavy (non-hydrogen) atoms. The highest BCUT2D eigenvalue weighted by Crippen LogP contribution is 2.23. The summed E-state index contributed by atoms with van der Waals surface area (Å²) < 4.78 is 13.1. The fourth-order valence-electron chi connectivity index (χ4n) is 3.26. The van der Waals surface area contributed by atoms with Crippen molar-refractivity contribution in [2.45, 2.75) is 45.4 Å². The number of benzene rings is 2. The van der Waals surface area contributed by atoms with Crippen molar-refractivity contribution < 1.29 is 14.0 Å². The van der Waals surface area contributed by atoms with Crippen molar-refractivity contribution in [3.63, 3.8) is 0 Å². The minimum Gasteiger partial charge on any atom is -0.326 e. The zero-order chi connectivity index (χ0) is 17.8. The van der Waals surface area contributed by atoms with Crippen LogP contribution in [0.2, 0.25) is 0 Å². The molecule has 130 valence electrons. The Balaban J connectivity index is 1.57. The molecule has 0 saturated heterocycles. The van der Waals surface area contributed by atoms with Crippen molar-refractivity contribution in [2.75, 3.05) is 5.32 Å². The summed E-state index contributed by atoms with van der Waals surface area (Å²) in [5, 5.41) is 2.74. The molecule has 1 amide bonds. The molecule has 0 atom stereocenters. The second-order valence-electron chi connectivity index (χ2n) is 6.62. The number of rotatable bonds is 5. The van der Waals surface area contributed by atoms with E-state index in [0.29, 0.717) is 16.8 Å². The summed E-state index contributed by atoms with van der Waals surface area (Å²) in [7, 11) is 0. The summed E-state index contributed by atoms with van der Waals surface area (Å²) in [6.07, 6.45) is 4.79. The van der Waals surface area contributed by atoms with Gasteiger partial charge in [0, 0.05) is 24.1 Å². The maximum absolute atomic E-state index is 13.1. The quantitative estimate of drug-likeness (QED) is 0.808. The number of fused-ring (bicyclic) bond motifs is 1. The molecule has 0 fully saturated rings. The number of ketones is 1. The minimum atomic E-state index is -0.335.